The number of carbonyl (C=O) groups is 3. The number of ether oxygens (including phenoxy) is 1. The van der Waals surface area contributed by atoms with Crippen LogP contribution in [0.4, 0.5) is 16.2 Å². The number of carbonyl (C=O) groups excluding carboxylic acids is 3. The van der Waals surface area contributed by atoms with Gasteiger partial charge in [0.2, 0.25) is 11.8 Å². The van der Waals surface area contributed by atoms with Crippen molar-refractivity contribution in [1.29, 1.82) is 0 Å². The first-order chi connectivity index (χ1) is 14.2. The molecule has 1 aliphatic heterocycles. The van der Waals surface area contributed by atoms with E-state index in [1.165, 1.54) is 6.92 Å². The maximum atomic E-state index is 12.7. The van der Waals surface area contributed by atoms with Gasteiger partial charge >= 0.3 is 6.09 Å². The van der Waals surface area contributed by atoms with E-state index < -0.39 is 12.0 Å². The molecule has 9 heteroatoms. The summed E-state index contributed by atoms with van der Waals surface area (Å²) in [5.74, 6) is -0.480. The number of nitrogens with two attached hydrogens (primary N) is 1. The van der Waals surface area contributed by atoms with Crippen LogP contribution in [-0.4, -0.2) is 46.4 Å². The fourth-order valence-electron chi connectivity index (χ4n) is 3.58. The van der Waals surface area contributed by atoms with Gasteiger partial charge in [0.25, 0.3) is 0 Å². The van der Waals surface area contributed by atoms with E-state index in [4.69, 9.17) is 10.5 Å². The monoisotopic (exact) mass is 413 g/mol. The number of fused-ring (bicyclic) bond motifs is 1. The Balaban J connectivity index is 1.99. The number of nitrogens with zero attached hydrogens (tertiary/aromatic N) is 4. The molecule has 1 aliphatic rings. The number of rotatable bonds is 5. The van der Waals surface area contributed by atoms with Crippen molar-refractivity contribution in [3.05, 3.63) is 30.6 Å². The van der Waals surface area contributed by atoms with Gasteiger partial charge in [-0.15, -0.1) is 0 Å². The number of hydrogen-bond donors (Lipinski definition) is 1. The molecule has 0 radical (unpaired) electrons. The molecular formula is C21H27N5O4. The van der Waals surface area contributed by atoms with Crippen LogP contribution >= 0.6 is 0 Å². The first kappa shape index (κ1) is 21.4. The quantitative estimate of drug-likeness (QED) is 0.810. The highest BCUT2D eigenvalue weighted by Crippen LogP contribution is 2.39. The van der Waals surface area contributed by atoms with Gasteiger partial charge in [-0.2, -0.15) is 5.10 Å². The predicted octanol–water partition coefficient (Wildman–Crippen LogP) is 2.53. The molecule has 0 bridgehead atoms. The lowest BCUT2D eigenvalue weighted by Crippen LogP contribution is -2.51. The Hall–Kier alpha value is -3.36. The van der Waals surface area contributed by atoms with Gasteiger partial charge in [0.15, 0.2) is 0 Å². The zero-order valence-electron chi connectivity index (χ0n) is 17.7. The minimum atomic E-state index is -0.449. The second-order valence-corrected chi connectivity index (χ2v) is 7.69. The molecule has 0 saturated heterocycles. The van der Waals surface area contributed by atoms with Crippen LogP contribution in [-0.2, 0) is 20.9 Å². The average Bonchev–Trinajstić information content (AvgIpc) is 3.13. The Labute approximate surface area is 175 Å². The number of primary amides is 1. The summed E-state index contributed by atoms with van der Waals surface area (Å²) in [6, 6.07) is 5.39. The number of hydrogen-bond acceptors (Lipinski definition) is 5. The number of amides is 3. The highest BCUT2D eigenvalue weighted by atomic mass is 16.6. The van der Waals surface area contributed by atoms with Gasteiger partial charge in [-0.25, -0.2) is 4.79 Å². The number of benzene rings is 1. The van der Waals surface area contributed by atoms with Crippen molar-refractivity contribution in [3.63, 3.8) is 0 Å². The molecule has 1 aromatic carbocycles. The number of aromatic nitrogens is 2. The second-order valence-electron chi connectivity index (χ2n) is 7.69. The Morgan fingerprint density at radius 2 is 1.97 bits per heavy atom. The minimum absolute atomic E-state index is 0.0901. The van der Waals surface area contributed by atoms with E-state index >= 15 is 0 Å². The summed E-state index contributed by atoms with van der Waals surface area (Å²) in [5.41, 5.74) is 8.13. The van der Waals surface area contributed by atoms with E-state index in [-0.39, 0.29) is 24.5 Å². The lowest BCUT2D eigenvalue weighted by molar-refractivity contribution is -0.118. The van der Waals surface area contributed by atoms with Crippen molar-refractivity contribution in [2.45, 2.75) is 52.8 Å². The van der Waals surface area contributed by atoms with Crippen LogP contribution in [0.5, 0.6) is 0 Å². The first-order valence-electron chi connectivity index (χ1n) is 9.90. The standard InChI is InChI=1S/C21H27N5O4/c1-13(2)30-21(29)25-11-14(3)26(15(4)27)18-6-5-16(9-19(18)25)17-10-23-24(12-17)8-7-20(22)28/h5-6,9-10,12-14H,7-8,11H2,1-4H3,(H2,22,28)/t14-/m0/s1. The lowest BCUT2D eigenvalue weighted by atomic mass is 10.0. The molecule has 2 heterocycles. The zero-order valence-corrected chi connectivity index (χ0v) is 17.7. The molecule has 2 N–H and O–H groups in total. The maximum Gasteiger partial charge on any atom is 0.414 e. The fourth-order valence-corrected chi connectivity index (χ4v) is 3.58. The first-order valence-corrected chi connectivity index (χ1v) is 9.90. The number of anilines is 2. The average molecular weight is 413 g/mol. The molecule has 0 fully saturated rings. The van der Waals surface area contributed by atoms with E-state index in [9.17, 15) is 14.4 Å². The topological polar surface area (TPSA) is 111 Å². The zero-order chi connectivity index (χ0) is 22.0. The van der Waals surface area contributed by atoms with Gasteiger partial charge in [0.1, 0.15) is 0 Å². The summed E-state index contributed by atoms with van der Waals surface area (Å²) in [7, 11) is 0. The molecule has 3 rings (SSSR count). The van der Waals surface area contributed by atoms with Gasteiger partial charge in [-0.3, -0.25) is 19.2 Å². The van der Waals surface area contributed by atoms with E-state index in [0.29, 0.717) is 24.5 Å². The smallest absolute Gasteiger partial charge is 0.414 e. The van der Waals surface area contributed by atoms with Crippen molar-refractivity contribution >= 4 is 29.3 Å². The van der Waals surface area contributed by atoms with Gasteiger partial charge in [-0.05, 0) is 38.5 Å². The Kier molecular flexibility index (Phi) is 6.09. The Bertz CT molecular complexity index is 968. The van der Waals surface area contributed by atoms with Gasteiger partial charge < -0.3 is 15.4 Å². The van der Waals surface area contributed by atoms with Gasteiger partial charge in [0.05, 0.1) is 29.7 Å². The van der Waals surface area contributed by atoms with Crippen LogP contribution < -0.4 is 15.5 Å². The molecule has 160 valence electrons. The normalized spacial score (nSPS) is 15.8. The number of aryl methyl sites for hydroxylation is 1. The van der Waals surface area contributed by atoms with Crippen molar-refractivity contribution in [2.75, 3.05) is 16.3 Å². The van der Waals surface area contributed by atoms with Crippen molar-refractivity contribution in [2.24, 2.45) is 5.73 Å². The molecule has 2 aromatic rings. The van der Waals surface area contributed by atoms with Crippen molar-refractivity contribution < 1.29 is 19.1 Å². The SMILES string of the molecule is CC(=O)N1c2ccc(-c3cnn(CCC(N)=O)c3)cc2N(C(=O)OC(C)C)C[C@@H]1C. The highest BCUT2D eigenvalue weighted by Gasteiger charge is 2.34. The molecule has 0 saturated carbocycles. The summed E-state index contributed by atoms with van der Waals surface area (Å²) in [4.78, 5) is 39.2. The largest absolute Gasteiger partial charge is 0.446 e. The molecule has 0 aliphatic carbocycles. The fraction of sp³-hybridized carbons (Fsp3) is 0.429. The Morgan fingerprint density at radius 1 is 1.23 bits per heavy atom. The molecular weight excluding hydrogens is 386 g/mol. The Morgan fingerprint density at radius 3 is 2.60 bits per heavy atom. The third-order valence-electron chi connectivity index (χ3n) is 4.86. The molecule has 3 amide bonds. The summed E-state index contributed by atoms with van der Waals surface area (Å²) in [6.07, 6.45) is 3.00. The highest BCUT2D eigenvalue weighted by molar-refractivity contribution is 6.03. The summed E-state index contributed by atoms with van der Waals surface area (Å²) in [5, 5.41) is 4.26. The molecule has 0 spiro atoms. The van der Waals surface area contributed by atoms with Crippen LogP contribution in [0.2, 0.25) is 0 Å². The summed E-state index contributed by atoms with van der Waals surface area (Å²) < 4.78 is 7.07. The third kappa shape index (κ3) is 4.45. The van der Waals surface area contributed by atoms with Crippen molar-refractivity contribution in [1.82, 2.24) is 9.78 Å². The van der Waals surface area contributed by atoms with Crippen LogP contribution in [0.1, 0.15) is 34.1 Å². The van der Waals surface area contributed by atoms with Gasteiger partial charge in [-0.1, -0.05) is 6.07 Å². The summed E-state index contributed by atoms with van der Waals surface area (Å²) in [6.45, 7) is 7.73. The maximum absolute atomic E-state index is 12.7. The van der Waals surface area contributed by atoms with E-state index in [0.717, 1.165) is 11.1 Å². The van der Waals surface area contributed by atoms with Crippen LogP contribution in [0.15, 0.2) is 30.6 Å². The second kappa shape index (κ2) is 8.56. The van der Waals surface area contributed by atoms with E-state index in [2.05, 4.69) is 5.10 Å². The minimum Gasteiger partial charge on any atom is -0.446 e. The third-order valence-corrected chi connectivity index (χ3v) is 4.86. The van der Waals surface area contributed by atoms with Crippen molar-refractivity contribution in [3.8, 4) is 11.1 Å². The molecule has 9 nitrogen and oxygen atoms in total. The predicted molar refractivity (Wildman–Crippen MR) is 113 cm³/mol. The molecule has 30 heavy (non-hydrogen) atoms. The lowest BCUT2D eigenvalue weighted by Gasteiger charge is -2.40. The van der Waals surface area contributed by atoms with Gasteiger partial charge in [0, 0.05) is 38.2 Å². The molecule has 0 unspecified atom stereocenters. The van der Waals surface area contributed by atoms with E-state index in [1.807, 2.05) is 31.3 Å². The molecule has 1 atom stereocenters. The van der Waals surface area contributed by atoms with Crippen LogP contribution in [0, 0.1) is 0 Å². The van der Waals surface area contributed by atoms with E-state index in [1.54, 1.807) is 34.5 Å². The summed E-state index contributed by atoms with van der Waals surface area (Å²) >= 11 is 0. The van der Waals surface area contributed by atoms with Crippen LogP contribution in [0.25, 0.3) is 11.1 Å². The van der Waals surface area contributed by atoms with Crippen LogP contribution in [0.3, 0.4) is 0 Å². The molecule has 1 aromatic heterocycles.